The predicted octanol–water partition coefficient (Wildman–Crippen LogP) is 4.93. The minimum atomic E-state index is -0.0514. The summed E-state index contributed by atoms with van der Waals surface area (Å²) in [5, 5.41) is 7.83. The van der Waals surface area contributed by atoms with Crippen molar-refractivity contribution in [3.63, 3.8) is 0 Å². The molecule has 1 atom stereocenters. The Morgan fingerprint density at radius 2 is 1.75 bits per heavy atom. The van der Waals surface area contributed by atoms with Crippen molar-refractivity contribution in [1.29, 1.82) is 0 Å². The standard InChI is InChI=1S/C22H28ClN3O.HI/c1-17(18-8-4-3-5-9-18)26-21(24-2)25-16-22(12-14-27-15-13-22)19-10-6-7-11-20(19)23;/h3-11,17H,12-16H2,1-2H3,(H2,24,25,26);1H. The Hall–Kier alpha value is -1.31. The molecule has 6 heteroatoms. The summed E-state index contributed by atoms with van der Waals surface area (Å²) in [7, 11) is 1.80. The van der Waals surface area contributed by atoms with Gasteiger partial charge in [0.25, 0.3) is 0 Å². The summed E-state index contributed by atoms with van der Waals surface area (Å²) in [6.45, 7) is 4.40. The number of aliphatic imine (C=N–C) groups is 1. The summed E-state index contributed by atoms with van der Waals surface area (Å²) < 4.78 is 5.62. The molecule has 2 aromatic carbocycles. The molecule has 1 aliphatic heterocycles. The first-order chi connectivity index (χ1) is 13.1. The van der Waals surface area contributed by atoms with E-state index in [0.717, 1.165) is 43.6 Å². The van der Waals surface area contributed by atoms with Crippen molar-refractivity contribution in [2.75, 3.05) is 26.8 Å². The van der Waals surface area contributed by atoms with Gasteiger partial charge in [0.2, 0.25) is 0 Å². The van der Waals surface area contributed by atoms with Crippen molar-refractivity contribution in [2.45, 2.75) is 31.2 Å². The average molecular weight is 514 g/mol. The van der Waals surface area contributed by atoms with E-state index in [9.17, 15) is 0 Å². The number of rotatable bonds is 5. The van der Waals surface area contributed by atoms with Crippen LogP contribution in [-0.4, -0.2) is 32.8 Å². The summed E-state index contributed by atoms with van der Waals surface area (Å²) in [6.07, 6.45) is 1.88. The molecule has 2 aromatic rings. The number of nitrogens with one attached hydrogen (secondary N) is 2. The van der Waals surface area contributed by atoms with Gasteiger partial charge in [-0.2, -0.15) is 0 Å². The highest BCUT2D eigenvalue weighted by atomic mass is 127. The third-order valence-corrected chi connectivity index (χ3v) is 5.70. The Bertz CT molecular complexity index is 763. The molecule has 0 aromatic heterocycles. The number of guanidine groups is 1. The van der Waals surface area contributed by atoms with Crippen LogP contribution < -0.4 is 10.6 Å². The van der Waals surface area contributed by atoms with Gasteiger partial charge in [-0.05, 0) is 37.0 Å². The number of hydrogen-bond acceptors (Lipinski definition) is 2. The van der Waals surface area contributed by atoms with Crippen LogP contribution in [0.5, 0.6) is 0 Å². The molecule has 0 bridgehead atoms. The first kappa shape index (κ1) is 23.0. The maximum Gasteiger partial charge on any atom is 0.191 e. The highest BCUT2D eigenvalue weighted by Crippen LogP contribution is 2.38. The number of hydrogen-bond donors (Lipinski definition) is 2. The first-order valence-corrected chi connectivity index (χ1v) is 9.87. The molecule has 2 N–H and O–H groups in total. The first-order valence-electron chi connectivity index (χ1n) is 9.49. The van der Waals surface area contributed by atoms with Gasteiger partial charge >= 0.3 is 0 Å². The van der Waals surface area contributed by atoms with E-state index in [-0.39, 0.29) is 35.4 Å². The molecule has 1 heterocycles. The fourth-order valence-electron chi connectivity index (χ4n) is 3.67. The predicted molar refractivity (Wildman–Crippen MR) is 128 cm³/mol. The van der Waals surface area contributed by atoms with Crippen LogP contribution in [0.4, 0.5) is 0 Å². The number of halogens is 2. The molecule has 4 nitrogen and oxygen atoms in total. The lowest BCUT2D eigenvalue weighted by atomic mass is 9.74. The Kier molecular flexibility index (Phi) is 9.05. The van der Waals surface area contributed by atoms with E-state index >= 15 is 0 Å². The second kappa shape index (κ2) is 11.0. The molecule has 28 heavy (non-hydrogen) atoms. The number of benzene rings is 2. The SMILES string of the molecule is CN=C(NCC1(c2ccccc2Cl)CCOCC1)NC(C)c1ccccc1.I. The summed E-state index contributed by atoms with van der Waals surface area (Å²) in [5.41, 5.74) is 2.37. The Balaban J connectivity index is 0.00000280. The summed E-state index contributed by atoms with van der Waals surface area (Å²) in [5.74, 6) is 0.796. The second-order valence-electron chi connectivity index (χ2n) is 7.08. The van der Waals surface area contributed by atoms with Crippen LogP contribution in [0.2, 0.25) is 5.02 Å². The van der Waals surface area contributed by atoms with Gasteiger partial charge in [-0.3, -0.25) is 4.99 Å². The highest BCUT2D eigenvalue weighted by Gasteiger charge is 2.36. The number of nitrogens with zero attached hydrogens (tertiary/aromatic N) is 1. The lowest BCUT2D eigenvalue weighted by Crippen LogP contribution is -2.48. The molecule has 3 rings (SSSR count). The van der Waals surface area contributed by atoms with Gasteiger partial charge in [0.1, 0.15) is 0 Å². The van der Waals surface area contributed by atoms with Crippen LogP contribution in [0.15, 0.2) is 59.6 Å². The van der Waals surface area contributed by atoms with Gasteiger partial charge in [0, 0.05) is 37.2 Å². The molecule has 1 saturated heterocycles. The molecule has 1 unspecified atom stereocenters. The minimum Gasteiger partial charge on any atom is -0.381 e. The lowest BCUT2D eigenvalue weighted by Gasteiger charge is -2.39. The molecule has 0 amide bonds. The molecule has 0 saturated carbocycles. The van der Waals surface area contributed by atoms with Gasteiger partial charge in [0.05, 0.1) is 6.04 Å². The molecular formula is C22H29ClIN3O. The molecular weight excluding hydrogens is 485 g/mol. The monoisotopic (exact) mass is 513 g/mol. The quantitative estimate of drug-likeness (QED) is 0.338. The van der Waals surface area contributed by atoms with Gasteiger partial charge in [-0.15, -0.1) is 24.0 Å². The molecule has 1 fully saturated rings. The van der Waals surface area contributed by atoms with Gasteiger partial charge in [-0.1, -0.05) is 60.1 Å². The van der Waals surface area contributed by atoms with E-state index in [1.807, 2.05) is 18.2 Å². The largest absolute Gasteiger partial charge is 0.381 e. The van der Waals surface area contributed by atoms with E-state index in [1.54, 1.807) is 7.05 Å². The molecule has 152 valence electrons. The average Bonchev–Trinajstić information content (AvgIpc) is 2.72. The highest BCUT2D eigenvalue weighted by molar-refractivity contribution is 14.0. The van der Waals surface area contributed by atoms with E-state index < -0.39 is 0 Å². The van der Waals surface area contributed by atoms with E-state index in [4.69, 9.17) is 16.3 Å². The van der Waals surface area contributed by atoms with Gasteiger partial charge in [0.15, 0.2) is 5.96 Å². The summed E-state index contributed by atoms with van der Waals surface area (Å²) in [6, 6.07) is 18.7. The Morgan fingerprint density at radius 1 is 1.11 bits per heavy atom. The maximum atomic E-state index is 6.55. The fraction of sp³-hybridized carbons (Fsp3) is 0.409. The normalized spacial score (nSPS) is 17.3. The van der Waals surface area contributed by atoms with Crippen molar-refractivity contribution in [2.24, 2.45) is 4.99 Å². The topological polar surface area (TPSA) is 45.7 Å². The zero-order chi connectivity index (χ0) is 19.1. The lowest BCUT2D eigenvalue weighted by molar-refractivity contribution is 0.0514. The van der Waals surface area contributed by atoms with Crippen LogP contribution in [0, 0.1) is 0 Å². The second-order valence-corrected chi connectivity index (χ2v) is 7.48. The molecule has 1 aliphatic rings. The third-order valence-electron chi connectivity index (χ3n) is 5.37. The van der Waals surface area contributed by atoms with Crippen LogP contribution in [0.3, 0.4) is 0 Å². The number of ether oxygens (including phenoxy) is 1. The Morgan fingerprint density at radius 3 is 2.39 bits per heavy atom. The zero-order valence-electron chi connectivity index (χ0n) is 16.5. The summed E-state index contributed by atoms with van der Waals surface area (Å²) in [4.78, 5) is 4.42. The fourth-order valence-corrected chi connectivity index (χ4v) is 4.01. The van der Waals surface area contributed by atoms with Crippen LogP contribution in [0.25, 0.3) is 0 Å². The van der Waals surface area contributed by atoms with Crippen molar-refractivity contribution in [1.82, 2.24) is 10.6 Å². The smallest absolute Gasteiger partial charge is 0.191 e. The van der Waals surface area contributed by atoms with Crippen molar-refractivity contribution < 1.29 is 4.74 Å². The van der Waals surface area contributed by atoms with Crippen LogP contribution >= 0.6 is 35.6 Å². The zero-order valence-corrected chi connectivity index (χ0v) is 19.5. The van der Waals surface area contributed by atoms with Crippen LogP contribution in [-0.2, 0) is 10.2 Å². The van der Waals surface area contributed by atoms with E-state index in [1.165, 1.54) is 11.1 Å². The van der Waals surface area contributed by atoms with E-state index in [2.05, 4.69) is 58.9 Å². The van der Waals surface area contributed by atoms with Crippen molar-refractivity contribution >= 4 is 41.5 Å². The van der Waals surface area contributed by atoms with Crippen molar-refractivity contribution in [3.05, 3.63) is 70.7 Å². The molecule has 0 spiro atoms. The minimum absolute atomic E-state index is 0. The van der Waals surface area contributed by atoms with Crippen molar-refractivity contribution in [3.8, 4) is 0 Å². The van der Waals surface area contributed by atoms with E-state index in [0.29, 0.717) is 0 Å². The maximum absolute atomic E-state index is 6.55. The summed E-state index contributed by atoms with van der Waals surface area (Å²) >= 11 is 6.55. The van der Waals surface area contributed by atoms with Gasteiger partial charge < -0.3 is 15.4 Å². The molecule has 0 aliphatic carbocycles. The third kappa shape index (κ3) is 5.61. The van der Waals surface area contributed by atoms with Gasteiger partial charge in [-0.25, -0.2) is 0 Å². The molecule has 0 radical (unpaired) electrons. The Labute approximate surface area is 190 Å². The van der Waals surface area contributed by atoms with Crippen LogP contribution in [0.1, 0.15) is 36.9 Å².